The normalized spacial score (nSPS) is 31.8. The highest BCUT2D eigenvalue weighted by Crippen LogP contribution is 2.44. The average molecular weight is 258 g/mol. The van der Waals surface area contributed by atoms with E-state index >= 15 is 0 Å². The van der Waals surface area contributed by atoms with Crippen LogP contribution in [0.3, 0.4) is 0 Å². The maximum atomic E-state index is 10.9. The molecular weight excluding hydrogens is 236 g/mol. The van der Waals surface area contributed by atoms with Crippen molar-refractivity contribution in [3.63, 3.8) is 0 Å². The van der Waals surface area contributed by atoms with Crippen molar-refractivity contribution in [1.29, 1.82) is 0 Å². The highest BCUT2D eigenvalue weighted by atomic mass is 16.4. The Morgan fingerprint density at radius 2 is 2.05 bits per heavy atom. The van der Waals surface area contributed by atoms with Crippen LogP contribution in [-0.4, -0.2) is 5.11 Å². The first-order valence-electron chi connectivity index (χ1n) is 7.21. The van der Waals surface area contributed by atoms with Crippen molar-refractivity contribution in [3.8, 4) is 0 Å². The van der Waals surface area contributed by atoms with Crippen molar-refractivity contribution in [2.75, 3.05) is 0 Å². The van der Waals surface area contributed by atoms with E-state index in [9.17, 15) is 5.11 Å². The van der Waals surface area contributed by atoms with Gasteiger partial charge >= 0.3 is 0 Å². The molecule has 0 bridgehead atoms. The minimum absolute atomic E-state index is 0.535. The van der Waals surface area contributed by atoms with Crippen LogP contribution < -0.4 is 0 Å². The molecule has 0 aliphatic heterocycles. The molecule has 0 saturated heterocycles. The second-order valence-corrected chi connectivity index (χ2v) is 6.33. The standard InChI is InChI=1S/C17H22O2/c1-11-7-8-17(18,10-13(11)3)15-9-14-6-4-5-12(2)16(14)19-15/h4-6,9,11,13,18H,7-8,10H2,1-3H3. The summed E-state index contributed by atoms with van der Waals surface area (Å²) in [7, 11) is 0. The molecule has 0 spiro atoms. The third-order valence-corrected chi connectivity index (χ3v) is 4.84. The zero-order valence-corrected chi connectivity index (χ0v) is 11.9. The third kappa shape index (κ3) is 2.08. The zero-order chi connectivity index (χ0) is 13.6. The number of para-hydroxylation sites is 1. The first-order chi connectivity index (χ1) is 8.99. The average Bonchev–Trinajstić information content (AvgIpc) is 2.81. The van der Waals surface area contributed by atoms with E-state index in [1.165, 1.54) is 0 Å². The number of hydrogen-bond donors (Lipinski definition) is 1. The monoisotopic (exact) mass is 258 g/mol. The molecule has 3 rings (SSSR count). The van der Waals surface area contributed by atoms with E-state index in [1.807, 2.05) is 31.2 Å². The summed E-state index contributed by atoms with van der Waals surface area (Å²) < 4.78 is 5.97. The molecule has 102 valence electrons. The van der Waals surface area contributed by atoms with Gasteiger partial charge in [0.15, 0.2) is 0 Å². The summed E-state index contributed by atoms with van der Waals surface area (Å²) in [6, 6.07) is 8.15. The van der Waals surface area contributed by atoms with E-state index in [0.29, 0.717) is 11.8 Å². The fourth-order valence-electron chi connectivity index (χ4n) is 3.25. The number of benzene rings is 1. The predicted octanol–water partition coefficient (Wildman–Crippen LogP) is 4.38. The molecule has 1 saturated carbocycles. The number of hydrogen-bond acceptors (Lipinski definition) is 2. The van der Waals surface area contributed by atoms with Crippen molar-refractivity contribution in [1.82, 2.24) is 0 Å². The summed E-state index contributed by atoms with van der Waals surface area (Å²) in [6.45, 7) is 6.54. The van der Waals surface area contributed by atoms with Gasteiger partial charge in [0.1, 0.15) is 16.9 Å². The minimum atomic E-state index is -0.780. The Kier molecular flexibility index (Phi) is 2.94. The van der Waals surface area contributed by atoms with Gasteiger partial charge in [-0.25, -0.2) is 0 Å². The Labute approximate surface area is 114 Å². The maximum Gasteiger partial charge on any atom is 0.137 e. The quantitative estimate of drug-likeness (QED) is 0.823. The van der Waals surface area contributed by atoms with Gasteiger partial charge in [-0.05, 0) is 49.7 Å². The van der Waals surface area contributed by atoms with E-state index in [4.69, 9.17) is 4.42 Å². The van der Waals surface area contributed by atoms with Crippen LogP contribution in [0.1, 0.15) is 44.4 Å². The first kappa shape index (κ1) is 12.7. The summed E-state index contributed by atoms with van der Waals surface area (Å²) in [6.07, 6.45) is 2.66. The fraction of sp³-hybridized carbons (Fsp3) is 0.529. The number of aliphatic hydroxyl groups is 1. The summed E-state index contributed by atoms with van der Waals surface area (Å²) in [5.41, 5.74) is 1.26. The fourth-order valence-corrected chi connectivity index (χ4v) is 3.25. The molecule has 1 aliphatic carbocycles. The van der Waals surface area contributed by atoms with Gasteiger partial charge in [-0.15, -0.1) is 0 Å². The molecule has 3 atom stereocenters. The molecule has 1 N–H and O–H groups in total. The lowest BCUT2D eigenvalue weighted by Crippen LogP contribution is -2.34. The molecule has 1 aromatic heterocycles. The zero-order valence-electron chi connectivity index (χ0n) is 11.9. The Morgan fingerprint density at radius 1 is 1.26 bits per heavy atom. The van der Waals surface area contributed by atoms with Crippen LogP contribution in [0.25, 0.3) is 11.0 Å². The van der Waals surface area contributed by atoms with Crippen LogP contribution in [0, 0.1) is 18.8 Å². The molecule has 1 heterocycles. The number of fused-ring (bicyclic) bond motifs is 1. The van der Waals surface area contributed by atoms with Gasteiger partial charge < -0.3 is 9.52 Å². The summed E-state index contributed by atoms with van der Waals surface area (Å²) in [4.78, 5) is 0. The van der Waals surface area contributed by atoms with Crippen LogP contribution >= 0.6 is 0 Å². The molecule has 19 heavy (non-hydrogen) atoms. The Hall–Kier alpha value is -1.28. The van der Waals surface area contributed by atoms with Crippen LogP contribution in [0.5, 0.6) is 0 Å². The first-order valence-corrected chi connectivity index (χ1v) is 7.21. The summed E-state index contributed by atoms with van der Waals surface area (Å²) in [5.74, 6) is 1.97. The number of furan rings is 1. The highest BCUT2D eigenvalue weighted by Gasteiger charge is 2.39. The van der Waals surface area contributed by atoms with Gasteiger partial charge in [0, 0.05) is 5.39 Å². The van der Waals surface area contributed by atoms with Crippen molar-refractivity contribution < 1.29 is 9.52 Å². The van der Waals surface area contributed by atoms with Crippen molar-refractivity contribution in [2.24, 2.45) is 11.8 Å². The summed E-state index contributed by atoms with van der Waals surface area (Å²) >= 11 is 0. The molecule has 1 fully saturated rings. The molecule has 2 aromatic rings. The highest BCUT2D eigenvalue weighted by molar-refractivity contribution is 5.81. The maximum absolute atomic E-state index is 10.9. The molecule has 2 heteroatoms. The lowest BCUT2D eigenvalue weighted by Gasteiger charge is -2.37. The smallest absolute Gasteiger partial charge is 0.137 e. The predicted molar refractivity (Wildman–Crippen MR) is 77.0 cm³/mol. The Morgan fingerprint density at radius 3 is 2.74 bits per heavy atom. The van der Waals surface area contributed by atoms with Gasteiger partial charge in [-0.3, -0.25) is 0 Å². The molecular formula is C17H22O2. The minimum Gasteiger partial charge on any atom is -0.458 e. The van der Waals surface area contributed by atoms with Crippen molar-refractivity contribution in [2.45, 2.75) is 45.6 Å². The van der Waals surface area contributed by atoms with Crippen LogP contribution in [0.2, 0.25) is 0 Å². The van der Waals surface area contributed by atoms with E-state index < -0.39 is 5.60 Å². The van der Waals surface area contributed by atoms with Crippen LogP contribution in [0.15, 0.2) is 28.7 Å². The largest absolute Gasteiger partial charge is 0.458 e. The van der Waals surface area contributed by atoms with E-state index in [1.54, 1.807) is 0 Å². The number of aryl methyl sites for hydroxylation is 1. The molecule has 1 aromatic carbocycles. The molecule has 2 nitrogen and oxygen atoms in total. The van der Waals surface area contributed by atoms with Gasteiger partial charge in [-0.1, -0.05) is 32.0 Å². The number of rotatable bonds is 1. The lowest BCUT2D eigenvalue weighted by molar-refractivity contribution is -0.0488. The van der Waals surface area contributed by atoms with Gasteiger partial charge in [0.05, 0.1) is 0 Å². The second-order valence-electron chi connectivity index (χ2n) is 6.33. The molecule has 3 unspecified atom stereocenters. The topological polar surface area (TPSA) is 33.4 Å². The van der Waals surface area contributed by atoms with Gasteiger partial charge in [0.25, 0.3) is 0 Å². The van der Waals surface area contributed by atoms with Crippen molar-refractivity contribution in [3.05, 3.63) is 35.6 Å². The molecule has 0 radical (unpaired) electrons. The Bertz CT molecular complexity index is 598. The van der Waals surface area contributed by atoms with Gasteiger partial charge in [0.2, 0.25) is 0 Å². The second kappa shape index (κ2) is 4.38. The van der Waals surface area contributed by atoms with E-state index in [0.717, 1.165) is 41.6 Å². The Balaban J connectivity index is 2.02. The van der Waals surface area contributed by atoms with Crippen LogP contribution in [0.4, 0.5) is 0 Å². The van der Waals surface area contributed by atoms with E-state index in [-0.39, 0.29) is 0 Å². The van der Waals surface area contributed by atoms with Crippen molar-refractivity contribution >= 4 is 11.0 Å². The van der Waals surface area contributed by atoms with E-state index in [2.05, 4.69) is 13.8 Å². The van der Waals surface area contributed by atoms with Crippen LogP contribution in [-0.2, 0) is 5.60 Å². The lowest BCUT2D eigenvalue weighted by atomic mass is 9.72. The summed E-state index contributed by atoms with van der Waals surface area (Å²) in [5, 5.41) is 12.0. The molecule has 1 aliphatic rings. The SMILES string of the molecule is Cc1cccc2cc(C3(O)CCC(C)C(C)C3)oc12. The third-order valence-electron chi connectivity index (χ3n) is 4.84. The molecule has 0 amide bonds. The van der Waals surface area contributed by atoms with Gasteiger partial charge in [-0.2, -0.15) is 0 Å².